The molecular formula is C21H24N4O3. The van der Waals surface area contributed by atoms with Gasteiger partial charge in [0.05, 0.1) is 18.6 Å². The summed E-state index contributed by atoms with van der Waals surface area (Å²) in [5.74, 6) is 2.95. The van der Waals surface area contributed by atoms with Crippen LogP contribution in [0, 0.1) is 12.3 Å². The Labute approximate surface area is 164 Å². The van der Waals surface area contributed by atoms with E-state index in [1.165, 1.54) is 0 Å². The first-order valence-electron chi connectivity index (χ1n) is 9.22. The smallest absolute Gasteiger partial charge is 0.224 e. The highest BCUT2D eigenvalue weighted by atomic mass is 16.3. The van der Waals surface area contributed by atoms with Gasteiger partial charge >= 0.3 is 0 Å². The van der Waals surface area contributed by atoms with Gasteiger partial charge in [-0.2, -0.15) is 0 Å². The van der Waals surface area contributed by atoms with E-state index in [2.05, 4.69) is 21.4 Å². The predicted molar refractivity (Wildman–Crippen MR) is 106 cm³/mol. The largest absolute Gasteiger partial charge is 0.396 e. The van der Waals surface area contributed by atoms with Gasteiger partial charge in [-0.1, -0.05) is 31.2 Å². The number of aliphatic hydroxyl groups excluding tert-OH is 2. The second-order valence-corrected chi connectivity index (χ2v) is 7.07. The Morgan fingerprint density at radius 2 is 2.04 bits per heavy atom. The van der Waals surface area contributed by atoms with Gasteiger partial charge < -0.3 is 20.4 Å². The molecule has 1 unspecified atom stereocenters. The van der Waals surface area contributed by atoms with Crippen molar-refractivity contribution in [1.82, 2.24) is 15.5 Å². The average Bonchev–Trinajstić information content (AvgIpc) is 3.08. The number of hydrogen-bond donors (Lipinski definition) is 3. The lowest BCUT2D eigenvalue weighted by molar-refractivity contribution is -0.121. The van der Waals surface area contributed by atoms with Crippen LogP contribution >= 0.6 is 0 Å². The van der Waals surface area contributed by atoms with E-state index in [0.29, 0.717) is 24.6 Å². The fourth-order valence-corrected chi connectivity index (χ4v) is 3.20. The first kappa shape index (κ1) is 19.8. The Hall–Kier alpha value is -2.95. The second kappa shape index (κ2) is 8.83. The topological polar surface area (TPSA) is 98.6 Å². The molecule has 0 spiro atoms. The zero-order valence-corrected chi connectivity index (χ0v) is 15.7. The summed E-state index contributed by atoms with van der Waals surface area (Å²) in [6, 6.07) is 10.7. The van der Waals surface area contributed by atoms with Crippen molar-refractivity contribution in [3.8, 4) is 12.3 Å². The van der Waals surface area contributed by atoms with Crippen molar-refractivity contribution in [2.24, 2.45) is 0 Å². The maximum atomic E-state index is 12.4. The van der Waals surface area contributed by atoms with Crippen molar-refractivity contribution in [3.63, 3.8) is 0 Å². The lowest BCUT2D eigenvalue weighted by atomic mass is 10.00. The van der Waals surface area contributed by atoms with Gasteiger partial charge in [0, 0.05) is 25.6 Å². The zero-order chi connectivity index (χ0) is 20.1. The SMILES string of the molecule is C#Cc1ccc(N2C[C@H](O)[C@H](NC(=O)Cc3ccc(C(C)CO)cc3)C2)nn1. The van der Waals surface area contributed by atoms with E-state index >= 15 is 0 Å². The third-order valence-electron chi connectivity index (χ3n) is 4.95. The van der Waals surface area contributed by atoms with Gasteiger partial charge in [-0.3, -0.25) is 4.79 Å². The first-order chi connectivity index (χ1) is 13.5. The fraction of sp³-hybridized carbons (Fsp3) is 0.381. The van der Waals surface area contributed by atoms with E-state index in [9.17, 15) is 15.0 Å². The molecule has 28 heavy (non-hydrogen) atoms. The number of terminal acetylenes is 1. The van der Waals surface area contributed by atoms with E-state index in [1.54, 1.807) is 12.1 Å². The molecule has 3 rings (SSSR count). The van der Waals surface area contributed by atoms with Crippen molar-refractivity contribution < 1.29 is 15.0 Å². The summed E-state index contributed by atoms with van der Waals surface area (Å²) >= 11 is 0. The highest BCUT2D eigenvalue weighted by molar-refractivity contribution is 5.79. The van der Waals surface area contributed by atoms with E-state index in [0.717, 1.165) is 11.1 Å². The van der Waals surface area contributed by atoms with E-state index in [-0.39, 0.29) is 30.9 Å². The molecule has 1 aliphatic heterocycles. The number of aromatic nitrogens is 2. The standard InChI is InChI=1S/C21H24N4O3/c1-3-17-8-9-20(24-23-17)25-11-18(19(27)12-25)22-21(28)10-15-4-6-16(7-5-15)14(2)13-26/h1,4-9,14,18-19,26-27H,10-13H2,2H3,(H,22,28)/t14?,18-,19+/m1/s1. The van der Waals surface area contributed by atoms with Crippen LogP contribution in [-0.4, -0.2) is 58.2 Å². The minimum Gasteiger partial charge on any atom is -0.396 e. The molecule has 1 aliphatic rings. The highest BCUT2D eigenvalue weighted by Gasteiger charge is 2.33. The van der Waals surface area contributed by atoms with Crippen LogP contribution in [0.5, 0.6) is 0 Å². The van der Waals surface area contributed by atoms with Crippen LogP contribution in [0.1, 0.15) is 29.7 Å². The molecule has 7 heteroatoms. The molecule has 2 aromatic rings. The van der Waals surface area contributed by atoms with Crippen LogP contribution in [0.3, 0.4) is 0 Å². The maximum absolute atomic E-state index is 12.4. The number of β-amino-alcohol motifs (C(OH)–C–C–N with tert-alkyl or cyclic N) is 1. The van der Waals surface area contributed by atoms with Gasteiger partial charge in [0.1, 0.15) is 5.69 Å². The summed E-state index contributed by atoms with van der Waals surface area (Å²) in [6.45, 7) is 2.85. The Bertz CT molecular complexity index is 845. The van der Waals surface area contributed by atoms with Gasteiger partial charge in [-0.15, -0.1) is 16.6 Å². The van der Waals surface area contributed by atoms with Gasteiger partial charge in [0.15, 0.2) is 5.82 Å². The summed E-state index contributed by atoms with van der Waals surface area (Å²) in [4.78, 5) is 14.3. The van der Waals surface area contributed by atoms with Crippen molar-refractivity contribution in [3.05, 3.63) is 53.2 Å². The third kappa shape index (κ3) is 4.66. The van der Waals surface area contributed by atoms with Crippen LogP contribution in [0.25, 0.3) is 0 Å². The fourth-order valence-electron chi connectivity index (χ4n) is 3.20. The molecule has 0 radical (unpaired) electrons. The van der Waals surface area contributed by atoms with E-state index in [4.69, 9.17) is 6.42 Å². The number of nitrogens with one attached hydrogen (secondary N) is 1. The molecule has 1 amide bonds. The van der Waals surface area contributed by atoms with E-state index in [1.807, 2.05) is 36.1 Å². The molecule has 0 aliphatic carbocycles. The van der Waals surface area contributed by atoms with Gasteiger partial charge in [-0.25, -0.2) is 0 Å². The monoisotopic (exact) mass is 380 g/mol. The number of nitrogens with zero attached hydrogens (tertiary/aromatic N) is 3. The number of amides is 1. The van der Waals surface area contributed by atoms with Gasteiger partial charge in [-0.05, 0) is 29.2 Å². The minimum atomic E-state index is -0.689. The Balaban J connectivity index is 1.55. The minimum absolute atomic E-state index is 0.0697. The Morgan fingerprint density at radius 1 is 1.29 bits per heavy atom. The van der Waals surface area contributed by atoms with Gasteiger partial charge in [0.2, 0.25) is 5.91 Å². The van der Waals surface area contributed by atoms with E-state index < -0.39 is 6.10 Å². The Morgan fingerprint density at radius 3 is 2.64 bits per heavy atom. The van der Waals surface area contributed by atoms with Crippen LogP contribution in [-0.2, 0) is 11.2 Å². The molecule has 3 atom stereocenters. The first-order valence-corrected chi connectivity index (χ1v) is 9.22. The number of aliphatic hydroxyl groups is 2. The number of hydrogen-bond acceptors (Lipinski definition) is 6. The molecule has 1 fully saturated rings. The normalized spacial score (nSPS) is 19.9. The zero-order valence-electron chi connectivity index (χ0n) is 15.7. The highest BCUT2D eigenvalue weighted by Crippen LogP contribution is 2.19. The predicted octanol–water partition coefficient (Wildman–Crippen LogP) is 0.462. The number of carbonyl (C=O) groups is 1. The number of rotatable bonds is 6. The molecular weight excluding hydrogens is 356 g/mol. The molecule has 1 aromatic heterocycles. The summed E-state index contributed by atoms with van der Waals surface area (Å²) < 4.78 is 0. The van der Waals surface area contributed by atoms with Crippen LogP contribution in [0.2, 0.25) is 0 Å². The van der Waals surface area contributed by atoms with Crippen molar-refractivity contribution in [1.29, 1.82) is 0 Å². The molecule has 146 valence electrons. The molecule has 1 aromatic carbocycles. The summed E-state index contributed by atoms with van der Waals surface area (Å²) in [6.07, 6.45) is 4.82. The maximum Gasteiger partial charge on any atom is 0.224 e. The molecule has 2 heterocycles. The van der Waals surface area contributed by atoms with Gasteiger partial charge in [0.25, 0.3) is 0 Å². The van der Waals surface area contributed by atoms with Crippen molar-refractivity contribution in [2.45, 2.75) is 31.4 Å². The number of carbonyl (C=O) groups excluding carboxylic acids is 1. The van der Waals surface area contributed by atoms with Crippen LogP contribution in [0.15, 0.2) is 36.4 Å². The van der Waals surface area contributed by atoms with Crippen LogP contribution in [0.4, 0.5) is 5.82 Å². The summed E-state index contributed by atoms with van der Waals surface area (Å²) in [5.41, 5.74) is 2.37. The Kier molecular flexibility index (Phi) is 6.24. The van der Waals surface area contributed by atoms with Crippen LogP contribution < -0.4 is 10.2 Å². The third-order valence-corrected chi connectivity index (χ3v) is 4.95. The number of anilines is 1. The molecule has 0 bridgehead atoms. The summed E-state index contributed by atoms with van der Waals surface area (Å²) in [5, 5.41) is 30.4. The van der Waals surface area contributed by atoms with Crippen molar-refractivity contribution in [2.75, 3.05) is 24.6 Å². The molecule has 7 nitrogen and oxygen atoms in total. The lowest BCUT2D eigenvalue weighted by Gasteiger charge is -2.17. The number of benzene rings is 1. The average molecular weight is 380 g/mol. The summed E-state index contributed by atoms with van der Waals surface area (Å²) in [7, 11) is 0. The lowest BCUT2D eigenvalue weighted by Crippen LogP contribution is -2.43. The molecule has 0 saturated carbocycles. The second-order valence-electron chi connectivity index (χ2n) is 7.07. The van der Waals surface area contributed by atoms with Crippen molar-refractivity contribution >= 4 is 11.7 Å². The molecule has 3 N–H and O–H groups in total. The quantitative estimate of drug-likeness (QED) is 0.630. The molecule has 1 saturated heterocycles.